The smallest absolute Gasteiger partial charge is 0.270 e. The van der Waals surface area contributed by atoms with E-state index in [4.69, 9.17) is 4.74 Å². The minimum atomic E-state index is -3.00. The highest BCUT2D eigenvalue weighted by Gasteiger charge is 2.39. The Morgan fingerprint density at radius 2 is 1.78 bits per heavy atom. The van der Waals surface area contributed by atoms with Crippen molar-refractivity contribution in [2.45, 2.75) is 69.7 Å². The van der Waals surface area contributed by atoms with Gasteiger partial charge in [-0.2, -0.15) is 0 Å². The van der Waals surface area contributed by atoms with Gasteiger partial charge in [0.05, 0.1) is 23.9 Å². The van der Waals surface area contributed by atoms with E-state index in [0.717, 1.165) is 31.7 Å². The number of aliphatic hydroxyl groups excluding tert-OH is 1. The van der Waals surface area contributed by atoms with Crippen LogP contribution in [0.3, 0.4) is 0 Å². The number of hydrogen-bond acceptors (Lipinski definition) is 4. The van der Waals surface area contributed by atoms with Crippen LogP contribution in [0.4, 0.5) is 8.78 Å². The van der Waals surface area contributed by atoms with E-state index in [1.54, 1.807) is 12.3 Å². The van der Waals surface area contributed by atoms with Crippen molar-refractivity contribution in [3.8, 4) is 0 Å². The van der Waals surface area contributed by atoms with Gasteiger partial charge in [0.25, 0.3) is 5.92 Å². The number of hydrogen-bond donors (Lipinski definition) is 2. The molecule has 4 nitrogen and oxygen atoms in total. The molecular formula is C30H36F2N2O2. The number of benzene rings is 2. The fourth-order valence-electron chi connectivity index (χ4n) is 5.21. The van der Waals surface area contributed by atoms with E-state index >= 15 is 0 Å². The van der Waals surface area contributed by atoms with Crippen LogP contribution in [0.2, 0.25) is 0 Å². The van der Waals surface area contributed by atoms with Gasteiger partial charge in [0.1, 0.15) is 6.23 Å². The van der Waals surface area contributed by atoms with Crippen molar-refractivity contribution in [1.82, 2.24) is 10.3 Å². The number of aromatic nitrogens is 1. The number of rotatable bonds is 10. The highest BCUT2D eigenvalue weighted by Crippen LogP contribution is 2.36. The first-order valence-corrected chi connectivity index (χ1v) is 12.8. The summed E-state index contributed by atoms with van der Waals surface area (Å²) in [6.45, 7) is 3.23. The molecular weight excluding hydrogens is 458 g/mol. The van der Waals surface area contributed by atoms with Crippen molar-refractivity contribution in [2.24, 2.45) is 5.92 Å². The van der Waals surface area contributed by atoms with E-state index in [1.165, 1.54) is 18.6 Å². The summed E-state index contributed by atoms with van der Waals surface area (Å²) in [5, 5.41) is 14.6. The van der Waals surface area contributed by atoms with Crippen molar-refractivity contribution < 1.29 is 18.6 Å². The van der Waals surface area contributed by atoms with E-state index in [0.29, 0.717) is 23.6 Å². The summed E-state index contributed by atoms with van der Waals surface area (Å²) in [6, 6.07) is 21.8. The first-order chi connectivity index (χ1) is 17.3. The summed E-state index contributed by atoms with van der Waals surface area (Å²) in [7, 11) is 0. The Balaban J connectivity index is 1.72. The van der Waals surface area contributed by atoms with E-state index < -0.39 is 17.7 Å². The Hall–Kier alpha value is -2.67. The number of ether oxygens (including phenoxy) is 1. The molecule has 2 aromatic carbocycles. The van der Waals surface area contributed by atoms with Crippen molar-refractivity contribution in [3.05, 3.63) is 101 Å². The molecule has 0 aliphatic heterocycles. The van der Waals surface area contributed by atoms with Crippen LogP contribution in [0.1, 0.15) is 61.9 Å². The first-order valence-electron chi connectivity index (χ1n) is 12.8. The van der Waals surface area contributed by atoms with E-state index in [2.05, 4.69) is 17.2 Å². The fraction of sp³-hybridized carbons (Fsp3) is 0.433. The average Bonchev–Trinajstić information content (AvgIpc) is 2.88. The van der Waals surface area contributed by atoms with E-state index in [-0.39, 0.29) is 18.3 Å². The molecule has 0 spiro atoms. The normalized spacial score (nSPS) is 21.0. The molecule has 0 bridgehead atoms. The lowest BCUT2D eigenvalue weighted by Crippen LogP contribution is -2.52. The van der Waals surface area contributed by atoms with Gasteiger partial charge in [-0.1, -0.05) is 74.4 Å². The fourth-order valence-corrected chi connectivity index (χ4v) is 5.21. The van der Waals surface area contributed by atoms with Gasteiger partial charge in [0.15, 0.2) is 0 Å². The maximum Gasteiger partial charge on any atom is 0.270 e. The molecule has 3 aromatic rings. The van der Waals surface area contributed by atoms with Gasteiger partial charge in [-0.05, 0) is 48.1 Å². The monoisotopic (exact) mass is 494 g/mol. The Labute approximate surface area is 212 Å². The van der Waals surface area contributed by atoms with Crippen LogP contribution < -0.4 is 5.32 Å². The van der Waals surface area contributed by atoms with E-state index in [9.17, 15) is 13.9 Å². The Kier molecular flexibility index (Phi) is 8.50. The summed E-state index contributed by atoms with van der Waals surface area (Å²) < 4.78 is 34.8. The Morgan fingerprint density at radius 1 is 1.03 bits per heavy atom. The molecule has 0 saturated heterocycles. The van der Waals surface area contributed by atoms with E-state index in [1.807, 2.05) is 54.6 Å². The molecule has 4 atom stereocenters. The minimum absolute atomic E-state index is 0.0860. The van der Waals surface area contributed by atoms with Crippen molar-refractivity contribution in [2.75, 3.05) is 6.61 Å². The molecule has 1 unspecified atom stereocenters. The topological polar surface area (TPSA) is 54.4 Å². The molecule has 1 aromatic heterocycles. The van der Waals surface area contributed by atoms with Gasteiger partial charge in [-0.15, -0.1) is 0 Å². The second kappa shape index (κ2) is 11.6. The molecule has 1 fully saturated rings. The zero-order chi connectivity index (χ0) is 25.6. The predicted molar refractivity (Wildman–Crippen MR) is 138 cm³/mol. The molecule has 4 rings (SSSR count). The molecule has 1 aliphatic rings. The summed E-state index contributed by atoms with van der Waals surface area (Å²) in [5.74, 6) is -2.39. The van der Waals surface area contributed by atoms with Gasteiger partial charge < -0.3 is 9.84 Å². The third-order valence-electron chi connectivity index (χ3n) is 7.07. The zero-order valence-electron chi connectivity index (χ0n) is 21.0. The number of pyridine rings is 1. The van der Waals surface area contributed by atoms with Crippen molar-refractivity contribution >= 4 is 0 Å². The molecule has 1 saturated carbocycles. The standard InChI is InChI=1S/C30H36F2N2O2/c1-22-10-8-15-26(18-22)36-21-28(35)34-30(27-16-6-7-17-33-27,20-23-11-4-3-5-12-23)25-14-9-13-24(19-25)29(2,31)32/h3-7,9,11-14,16-17,19,22,26,28,34-35H,8,10,15,18,20-21H2,1-2H3/t22-,26+,28+,30?/m1/s1. The maximum absolute atomic E-state index is 14.4. The molecule has 192 valence electrons. The number of nitrogens with one attached hydrogen (secondary N) is 1. The minimum Gasteiger partial charge on any atom is -0.376 e. The van der Waals surface area contributed by atoms with Gasteiger partial charge in [-0.25, -0.2) is 8.78 Å². The number of halogens is 2. The number of aliphatic hydroxyl groups is 1. The van der Waals surface area contributed by atoms with Gasteiger partial charge >= 0.3 is 0 Å². The molecule has 1 heterocycles. The third-order valence-corrected chi connectivity index (χ3v) is 7.07. The molecule has 0 radical (unpaired) electrons. The largest absolute Gasteiger partial charge is 0.376 e. The SMILES string of the molecule is C[C@@H]1CCC[C@H](OC[C@H](O)NC(Cc2ccccc2)(c2cccc(C(C)(F)F)c2)c2ccccn2)C1. The maximum atomic E-state index is 14.4. The average molecular weight is 495 g/mol. The van der Waals surface area contributed by atoms with Gasteiger partial charge in [-0.3, -0.25) is 10.3 Å². The van der Waals surface area contributed by atoms with Crippen LogP contribution in [0.5, 0.6) is 0 Å². The predicted octanol–water partition coefficient (Wildman–Crippen LogP) is 6.18. The van der Waals surface area contributed by atoms with Crippen LogP contribution in [-0.4, -0.2) is 29.0 Å². The van der Waals surface area contributed by atoms with Crippen LogP contribution in [0, 0.1) is 5.92 Å². The Morgan fingerprint density at radius 3 is 2.47 bits per heavy atom. The Bertz CT molecular complexity index is 1090. The second-order valence-electron chi connectivity index (χ2n) is 10.1. The van der Waals surface area contributed by atoms with Crippen LogP contribution in [0.15, 0.2) is 79.0 Å². The summed E-state index contributed by atoms with van der Waals surface area (Å²) >= 11 is 0. The summed E-state index contributed by atoms with van der Waals surface area (Å²) in [4.78, 5) is 4.63. The van der Waals surface area contributed by atoms with Gasteiger partial charge in [0.2, 0.25) is 0 Å². The zero-order valence-corrected chi connectivity index (χ0v) is 21.0. The first kappa shape index (κ1) is 26.4. The summed E-state index contributed by atoms with van der Waals surface area (Å²) in [6.07, 6.45) is 5.47. The highest BCUT2D eigenvalue weighted by molar-refractivity contribution is 5.41. The van der Waals surface area contributed by atoms with Crippen molar-refractivity contribution in [3.63, 3.8) is 0 Å². The lowest BCUT2D eigenvalue weighted by Gasteiger charge is -2.38. The van der Waals surface area contributed by atoms with Gasteiger partial charge in [0, 0.05) is 25.1 Å². The third kappa shape index (κ3) is 6.55. The van der Waals surface area contributed by atoms with Crippen LogP contribution in [-0.2, 0) is 22.6 Å². The van der Waals surface area contributed by atoms with Crippen LogP contribution >= 0.6 is 0 Å². The molecule has 6 heteroatoms. The molecule has 0 amide bonds. The number of alkyl halides is 2. The lowest BCUT2D eigenvalue weighted by atomic mass is 9.79. The summed E-state index contributed by atoms with van der Waals surface area (Å²) in [5.41, 5.74) is 1.08. The molecule has 1 aliphatic carbocycles. The van der Waals surface area contributed by atoms with Crippen molar-refractivity contribution in [1.29, 1.82) is 0 Å². The second-order valence-corrected chi connectivity index (χ2v) is 10.1. The highest BCUT2D eigenvalue weighted by atomic mass is 19.3. The number of nitrogens with zero attached hydrogens (tertiary/aromatic N) is 1. The lowest BCUT2D eigenvalue weighted by molar-refractivity contribution is -0.0492. The molecule has 36 heavy (non-hydrogen) atoms. The quantitative estimate of drug-likeness (QED) is 0.330. The van der Waals surface area contributed by atoms with Crippen LogP contribution in [0.25, 0.3) is 0 Å². The molecule has 2 N–H and O–H groups in total.